The molecule has 0 saturated carbocycles. The molecular formula is C12H18OS. The third-order valence-electron chi connectivity index (χ3n) is 2.23. The van der Waals surface area contributed by atoms with E-state index in [0.717, 1.165) is 11.1 Å². The molecule has 1 aromatic rings. The van der Waals surface area contributed by atoms with Gasteiger partial charge in [-0.3, -0.25) is 0 Å². The third-order valence-corrected chi connectivity index (χ3v) is 3.29. The Hall–Kier alpha value is -0.630. The lowest BCUT2D eigenvalue weighted by Gasteiger charge is -2.07. The average molecular weight is 210 g/mol. The monoisotopic (exact) mass is 210 g/mol. The van der Waals surface area contributed by atoms with Gasteiger partial charge in [-0.25, -0.2) is 0 Å². The lowest BCUT2D eigenvalue weighted by Crippen LogP contribution is -1.84. The minimum absolute atomic E-state index is 0.435. The molecule has 1 aromatic carbocycles. The van der Waals surface area contributed by atoms with E-state index < -0.39 is 0 Å². The highest BCUT2D eigenvalue weighted by atomic mass is 32.2. The molecule has 0 fully saturated rings. The number of hydrogen-bond donors (Lipinski definition) is 1. The molecule has 0 spiro atoms. The molecule has 0 radical (unpaired) electrons. The molecule has 0 bridgehead atoms. The predicted octanol–water partition coefficient (Wildman–Crippen LogP) is 3.90. The highest BCUT2D eigenvalue weighted by Crippen LogP contribution is 2.28. The van der Waals surface area contributed by atoms with E-state index in [2.05, 4.69) is 19.1 Å². The summed E-state index contributed by atoms with van der Waals surface area (Å²) in [5, 5.41) is 9.59. The summed E-state index contributed by atoms with van der Waals surface area (Å²) in [6, 6.07) is 4.12. The number of phenols is 1. The number of aryl methyl sites for hydroxylation is 2. The topological polar surface area (TPSA) is 20.2 Å². The van der Waals surface area contributed by atoms with Crippen molar-refractivity contribution >= 4 is 11.8 Å². The Kier molecular flexibility index (Phi) is 4.33. The molecule has 0 aliphatic heterocycles. The van der Waals surface area contributed by atoms with Gasteiger partial charge < -0.3 is 5.11 Å². The molecule has 0 saturated heterocycles. The number of thioether (sulfide) groups is 1. The fourth-order valence-electron chi connectivity index (χ4n) is 1.33. The maximum atomic E-state index is 9.59. The predicted molar refractivity (Wildman–Crippen MR) is 63.2 cm³/mol. The zero-order chi connectivity index (χ0) is 10.6. The fourth-order valence-corrected chi connectivity index (χ4v) is 2.52. The number of hydrogen-bond acceptors (Lipinski definition) is 2. The van der Waals surface area contributed by atoms with E-state index in [-0.39, 0.29) is 0 Å². The van der Waals surface area contributed by atoms with E-state index in [1.54, 1.807) is 0 Å². The van der Waals surface area contributed by atoms with Crippen LogP contribution in [0.15, 0.2) is 17.0 Å². The summed E-state index contributed by atoms with van der Waals surface area (Å²) < 4.78 is 0. The van der Waals surface area contributed by atoms with Crippen molar-refractivity contribution in [1.29, 1.82) is 0 Å². The number of unbranched alkanes of at least 4 members (excludes halogenated alkanes) is 1. The van der Waals surface area contributed by atoms with Crippen LogP contribution in [-0.4, -0.2) is 10.9 Å². The van der Waals surface area contributed by atoms with Gasteiger partial charge >= 0.3 is 0 Å². The van der Waals surface area contributed by atoms with Crippen LogP contribution in [0.2, 0.25) is 0 Å². The van der Waals surface area contributed by atoms with Crippen LogP contribution in [0.4, 0.5) is 0 Å². The first-order valence-electron chi connectivity index (χ1n) is 5.08. The van der Waals surface area contributed by atoms with Crippen molar-refractivity contribution in [3.63, 3.8) is 0 Å². The molecule has 0 aliphatic rings. The first-order valence-corrected chi connectivity index (χ1v) is 6.06. The van der Waals surface area contributed by atoms with Gasteiger partial charge in [0.15, 0.2) is 0 Å². The van der Waals surface area contributed by atoms with Crippen LogP contribution in [0.3, 0.4) is 0 Å². The molecule has 2 heteroatoms. The smallest absolute Gasteiger partial charge is 0.121 e. The minimum atomic E-state index is 0.435. The van der Waals surface area contributed by atoms with Crippen LogP contribution >= 0.6 is 11.8 Å². The molecule has 0 amide bonds. The quantitative estimate of drug-likeness (QED) is 0.601. The standard InChI is InChI=1S/C12H18OS/c1-4-5-6-14-11-7-9(2)12(13)10(3)8-11/h7-8,13H,4-6H2,1-3H3. The number of benzene rings is 1. The van der Waals surface area contributed by atoms with Gasteiger partial charge in [0, 0.05) is 4.90 Å². The van der Waals surface area contributed by atoms with E-state index in [1.807, 2.05) is 25.6 Å². The van der Waals surface area contributed by atoms with Crippen LogP contribution in [0.1, 0.15) is 30.9 Å². The molecule has 0 heterocycles. The molecule has 0 atom stereocenters. The molecular weight excluding hydrogens is 192 g/mol. The summed E-state index contributed by atoms with van der Waals surface area (Å²) >= 11 is 1.87. The summed E-state index contributed by atoms with van der Waals surface area (Å²) in [6.07, 6.45) is 2.49. The highest BCUT2D eigenvalue weighted by Gasteiger charge is 2.03. The van der Waals surface area contributed by atoms with Gasteiger partial charge in [-0.2, -0.15) is 0 Å². The van der Waals surface area contributed by atoms with Crippen LogP contribution in [0.5, 0.6) is 5.75 Å². The van der Waals surface area contributed by atoms with E-state index in [9.17, 15) is 5.11 Å². The van der Waals surface area contributed by atoms with Gasteiger partial charge in [-0.15, -0.1) is 11.8 Å². The minimum Gasteiger partial charge on any atom is -0.507 e. The second kappa shape index (κ2) is 5.30. The van der Waals surface area contributed by atoms with Gasteiger partial charge in [0.05, 0.1) is 0 Å². The maximum Gasteiger partial charge on any atom is 0.121 e. The van der Waals surface area contributed by atoms with Crippen molar-refractivity contribution in [3.8, 4) is 5.75 Å². The van der Waals surface area contributed by atoms with Crippen LogP contribution in [0, 0.1) is 13.8 Å². The molecule has 14 heavy (non-hydrogen) atoms. The fraction of sp³-hybridized carbons (Fsp3) is 0.500. The first-order chi connectivity index (χ1) is 6.65. The average Bonchev–Trinajstić information content (AvgIpc) is 2.14. The Labute approximate surface area is 90.5 Å². The Bertz CT molecular complexity index is 284. The maximum absolute atomic E-state index is 9.59. The number of rotatable bonds is 4. The van der Waals surface area contributed by atoms with Crippen LogP contribution < -0.4 is 0 Å². The second-order valence-corrected chi connectivity index (χ2v) is 4.78. The Morgan fingerprint density at radius 2 is 1.79 bits per heavy atom. The third kappa shape index (κ3) is 2.95. The van der Waals surface area contributed by atoms with Crippen molar-refractivity contribution in [2.24, 2.45) is 0 Å². The Morgan fingerprint density at radius 1 is 1.21 bits per heavy atom. The summed E-state index contributed by atoms with van der Waals surface area (Å²) in [5.74, 6) is 1.60. The van der Waals surface area contributed by atoms with Crippen molar-refractivity contribution in [2.45, 2.75) is 38.5 Å². The van der Waals surface area contributed by atoms with Gasteiger partial charge in [0.1, 0.15) is 5.75 Å². The van der Waals surface area contributed by atoms with Crippen molar-refractivity contribution in [3.05, 3.63) is 23.3 Å². The summed E-state index contributed by atoms with van der Waals surface area (Å²) in [5.41, 5.74) is 1.95. The second-order valence-electron chi connectivity index (χ2n) is 3.61. The van der Waals surface area contributed by atoms with E-state index in [1.165, 1.54) is 23.5 Å². The lowest BCUT2D eigenvalue weighted by molar-refractivity contribution is 0.466. The Morgan fingerprint density at radius 3 is 2.29 bits per heavy atom. The summed E-state index contributed by atoms with van der Waals surface area (Å²) in [7, 11) is 0. The lowest BCUT2D eigenvalue weighted by atomic mass is 10.1. The van der Waals surface area contributed by atoms with Gasteiger partial charge in [-0.05, 0) is 49.3 Å². The molecule has 78 valence electrons. The van der Waals surface area contributed by atoms with Crippen LogP contribution in [-0.2, 0) is 0 Å². The van der Waals surface area contributed by atoms with E-state index >= 15 is 0 Å². The normalized spacial score (nSPS) is 10.5. The first kappa shape index (κ1) is 11.4. The zero-order valence-electron chi connectivity index (χ0n) is 9.13. The van der Waals surface area contributed by atoms with Gasteiger partial charge in [0.25, 0.3) is 0 Å². The molecule has 1 rings (SSSR count). The van der Waals surface area contributed by atoms with Gasteiger partial charge in [-0.1, -0.05) is 13.3 Å². The molecule has 1 nitrogen and oxygen atoms in total. The van der Waals surface area contributed by atoms with E-state index in [4.69, 9.17) is 0 Å². The molecule has 0 aliphatic carbocycles. The number of phenolic OH excluding ortho intramolecular Hbond substituents is 1. The number of aromatic hydroxyl groups is 1. The van der Waals surface area contributed by atoms with Crippen molar-refractivity contribution in [1.82, 2.24) is 0 Å². The van der Waals surface area contributed by atoms with Gasteiger partial charge in [0.2, 0.25) is 0 Å². The van der Waals surface area contributed by atoms with Crippen molar-refractivity contribution < 1.29 is 5.11 Å². The summed E-state index contributed by atoms with van der Waals surface area (Å²) in [4.78, 5) is 1.27. The molecule has 0 aromatic heterocycles. The van der Waals surface area contributed by atoms with E-state index in [0.29, 0.717) is 5.75 Å². The Balaban J connectivity index is 2.69. The molecule has 0 unspecified atom stereocenters. The highest BCUT2D eigenvalue weighted by molar-refractivity contribution is 7.99. The van der Waals surface area contributed by atoms with Crippen LogP contribution in [0.25, 0.3) is 0 Å². The zero-order valence-corrected chi connectivity index (χ0v) is 9.95. The van der Waals surface area contributed by atoms with Crippen molar-refractivity contribution in [2.75, 3.05) is 5.75 Å². The summed E-state index contributed by atoms with van der Waals surface area (Å²) in [6.45, 7) is 6.10. The molecule has 1 N–H and O–H groups in total. The SMILES string of the molecule is CCCCSc1cc(C)c(O)c(C)c1. The largest absolute Gasteiger partial charge is 0.507 e.